The monoisotopic (exact) mass is 386 g/mol. The minimum Gasteiger partial charge on any atom is -0.495 e. The number of hydrogen-bond donors (Lipinski definition) is 1. The molecule has 8 nitrogen and oxygen atoms in total. The van der Waals surface area contributed by atoms with Gasteiger partial charge in [0.1, 0.15) is 11.5 Å². The number of rotatable bonds is 7. The number of esters is 1. The smallest absolute Gasteiger partial charge is 0.311 e. The van der Waals surface area contributed by atoms with E-state index in [4.69, 9.17) is 13.9 Å². The molecular formula is C20H22N2O6. The second-order valence-corrected chi connectivity index (χ2v) is 6.61. The van der Waals surface area contributed by atoms with Gasteiger partial charge in [0.2, 0.25) is 5.91 Å². The molecule has 0 aliphatic carbocycles. The van der Waals surface area contributed by atoms with Gasteiger partial charge in [0, 0.05) is 13.0 Å². The number of ether oxygens (including phenoxy) is 2. The molecule has 1 aliphatic heterocycles. The minimum atomic E-state index is -0.594. The number of amides is 2. The van der Waals surface area contributed by atoms with E-state index in [1.54, 1.807) is 29.2 Å². The van der Waals surface area contributed by atoms with E-state index >= 15 is 0 Å². The van der Waals surface area contributed by atoms with Crippen molar-refractivity contribution in [1.82, 2.24) is 4.90 Å². The highest BCUT2D eigenvalue weighted by Crippen LogP contribution is 2.25. The lowest BCUT2D eigenvalue weighted by molar-refractivity contribution is -0.151. The molecule has 3 rings (SSSR count). The first kappa shape index (κ1) is 19.5. The van der Waals surface area contributed by atoms with Gasteiger partial charge in [-0.2, -0.15) is 0 Å². The molecule has 1 saturated heterocycles. The number of furan rings is 1. The molecule has 8 heteroatoms. The topological polar surface area (TPSA) is 98.1 Å². The van der Waals surface area contributed by atoms with Crippen LogP contribution in [0.3, 0.4) is 0 Å². The molecule has 0 bridgehead atoms. The number of methoxy groups -OCH3 is 1. The first-order valence-corrected chi connectivity index (χ1v) is 8.87. The SMILES string of the molecule is COc1ccc(C)cc1NC(=O)COC(=O)[C@@H]1CC(=O)N(Cc2ccco2)C1. The first-order chi connectivity index (χ1) is 13.5. The fourth-order valence-corrected chi connectivity index (χ4v) is 3.03. The molecule has 2 heterocycles. The van der Waals surface area contributed by atoms with Crippen molar-refractivity contribution < 1.29 is 28.3 Å². The van der Waals surface area contributed by atoms with E-state index in [0.29, 0.717) is 23.7 Å². The molecular weight excluding hydrogens is 364 g/mol. The van der Waals surface area contributed by atoms with E-state index in [-0.39, 0.29) is 18.9 Å². The van der Waals surface area contributed by atoms with Crippen molar-refractivity contribution in [2.45, 2.75) is 19.9 Å². The molecule has 1 aromatic heterocycles. The molecule has 1 fully saturated rings. The van der Waals surface area contributed by atoms with E-state index < -0.39 is 24.4 Å². The van der Waals surface area contributed by atoms with Crippen LogP contribution in [0, 0.1) is 12.8 Å². The summed E-state index contributed by atoms with van der Waals surface area (Å²) in [6, 6.07) is 8.88. The van der Waals surface area contributed by atoms with Gasteiger partial charge in [-0.3, -0.25) is 14.4 Å². The minimum absolute atomic E-state index is 0.0624. The summed E-state index contributed by atoms with van der Waals surface area (Å²) in [6.07, 6.45) is 1.59. The average Bonchev–Trinajstić information content (AvgIpc) is 3.30. The number of carbonyl (C=O) groups is 3. The van der Waals surface area contributed by atoms with Gasteiger partial charge in [-0.1, -0.05) is 6.07 Å². The number of nitrogens with one attached hydrogen (secondary N) is 1. The van der Waals surface area contributed by atoms with Crippen molar-refractivity contribution in [1.29, 1.82) is 0 Å². The van der Waals surface area contributed by atoms with Crippen LogP contribution < -0.4 is 10.1 Å². The van der Waals surface area contributed by atoms with Crippen LogP contribution in [0.25, 0.3) is 0 Å². The average molecular weight is 386 g/mol. The van der Waals surface area contributed by atoms with Gasteiger partial charge in [0.05, 0.1) is 31.5 Å². The summed E-state index contributed by atoms with van der Waals surface area (Å²) in [7, 11) is 1.51. The van der Waals surface area contributed by atoms with E-state index in [2.05, 4.69) is 5.32 Å². The molecule has 2 amide bonds. The number of likely N-dealkylation sites (tertiary alicyclic amines) is 1. The number of benzene rings is 1. The Morgan fingerprint density at radius 1 is 1.32 bits per heavy atom. The van der Waals surface area contributed by atoms with Crippen LogP contribution in [-0.4, -0.2) is 42.9 Å². The van der Waals surface area contributed by atoms with Crippen LogP contribution in [0.2, 0.25) is 0 Å². The van der Waals surface area contributed by atoms with Gasteiger partial charge in [0.15, 0.2) is 6.61 Å². The first-order valence-electron chi connectivity index (χ1n) is 8.87. The largest absolute Gasteiger partial charge is 0.495 e. The molecule has 1 aromatic carbocycles. The number of anilines is 1. The summed E-state index contributed by atoms with van der Waals surface area (Å²) in [4.78, 5) is 38.0. The Labute approximate surface area is 162 Å². The van der Waals surface area contributed by atoms with Gasteiger partial charge in [-0.25, -0.2) is 0 Å². The zero-order valence-electron chi connectivity index (χ0n) is 15.8. The Morgan fingerprint density at radius 3 is 2.86 bits per heavy atom. The third kappa shape index (κ3) is 4.70. The van der Waals surface area contributed by atoms with Crippen molar-refractivity contribution in [2.75, 3.05) is 25.6 Å². The summed E-state index contributed by atoms with van der Waals surface area (Å²) in [5.74, 6) is -0.624. The zero-order chi connectivity index (χ0) is 20.1. The summed E-state index contributed by atoms with van der Waals surface area (Å²) in [6.45, 7) is 2.01. The normalized spacial score (nSPS) is 16.1. The van der Waals surface area contributed by atoms with Crippen LogP contribution in [0.4, 0.5) is 5.69 Å². The highest BCUT2D eigenvalue weighted by molar-refractivity contribution is 5.95. The summed E-state index contributed by atoms with van der Waals surface area (Å²) in [5, 5.41) is 2.66. The van der Waals surface area contributed by atoms with E-state index in [0.717, 1.165) is 5.56 Å². The standard InChI is InChI=1S/C20H22N2O6/c1-13-5-6-17(26-2)16(8-13)21-18(23)12-28-20(25)14-9-19(24)22(10-14)11-15-4-3-7-27-15/h3-8,14H,9-12H2,1-2H3,(H,21,23)/t14-/m1/s1. The molecule has 0 spiro atoms. The number of hydrogen-bond acceptors (Lipinski definition) is 6. The van der Waals surface area contributed by atoms with Gasteiger partial charge >= 0.3 is 5.97 Å². The number of aryl methyl sites for hydroxylation is 1. The van der Waals surface area contributed by atoms with E-state index in [1.165, 1.54) is 13.4 Å². The highest BCUT2D eigenvalue weighted by Gasteiger charge is 2.35. The highest BCUT2D eigenvalue weighted by atomic mass is 16.5. The predicted molar refractivity (Wildman–Crippen MR) is 99.6 cm³/mol. The van der Waals surface area contributed by atoms with E-state index in [9.17, 15) is 14.4 Å². The molecule has 0 saturated carbocycles. The van der Waals surface area contributed by atoms with Crippen molar-refractivity contribution in [3.8, 4) is 5.75 Å². The lowest BCUT2D eigenvalue weighted by Gasteiger charge is -2.15. The lowest BCUT2D eigenvalue weighted by atomic mass is 10.1. The lowest BCUT2D eigenvalue weighted by Crippen LogP contribution is -2.28. The van der Waals surface area contributed by atoms with Crippen LogP contribution in [0.5, 0.6) is 5.75 Å². The van der Waals surface area contributed by atoms with Crippen molar-refractivity contribution in [3.63, 3.8) is 0 Å². The van der Waals surface area contributed by atoms with Crippen LogP contribution in [-0.2, 0) is 25.7 Å². The maximum atomic E-state index is 12.2. The molecule has 148 valence electrons. The van der Waals surface area contributed by atoms with Crippen LogP contribution >= 0.6 is 0 Å². The Morgan fingerprint density at radius 2 is 2.14 bits per heavy atom. The second kappa shape index (κ2) is 8.60. The number of nitrogens with zero attached hydrogens (tertiary/aromatic N) is 1. The van der Waals surface area contributed by atoms with Crippen LogP contribution in [0.15, 0.2) is 41.0 Å². The molecule has 2 aromatic rings. The Kier molecular flexibility index (Phi) is 5.98. The summed E-state index contributed by atoms with van der Waals surface area (Å²) < 4.78 is 15.5. The summed E-state index contributed by atoms with van der Waals surface area (Å²) in [5.41, 5.74) is 1.46. The van der Waals surface area contributed by atoms with Gasteiger partial charge in [-0.05, 0) is 36.8 Å². The summed E-state index contributed by atoms with van der Waals surface area (Å²) >= 11 is 0. The fraction of sp³-hybridized carbons (Fsp3) is 0.350. The molecule has 1 N–H and O–H groups in total. The Hall–Kier alpha value is -3.29. The number of carbonyl (C=O) groups excluding carboxylic acids is 3. The quantitative estimate of drug-likeness (QED) is 0.732. The van der Waals surface area contributed by atoms with Gasteiger partial charge < -0.3 is 24.1 Å². The van der Waals surface area contributed by atoms with Crippen LogP contribution in [0.1, 0.15) is 17.7 Å². The second-order valence-electron chi connectivity index (χ2n) is 6.61. The third-order valence-corrected chi connectivity index (χ3v) is 4.45. The molecule has 0 unspecified atom stereocenters. The van der Waals surface area contributed by atoms with Gasteiger partial charge in [-0.15, -0.1) is 0 Å². The van der Waals surface area contributed by atoms with Crippen molar-refractivity contribution in [3.05, 3.63) is 47.9 Å². The predicted octanol–water partition coefficient (Wildman–Crippen LogP) is 2.13. The van der Waals surface area contributed by atoms with E-state index in [1.807, 2.05) is 13.0 Å². The third-order valence-electron chi connectivity index (χ3n) is 4.45. The fourth-order valence-electron chi connectivity index (χ4n) is 3.03. The van der Waals surface area contributed by atoms with Crippen molar-refractivity contribution >= 4 is 23.5 Å². The maximum Gasteiger partial charge on any atom is 0.311 e. The molecule has 1 aliphatic rings. The Bertz CT molecular complexity index is 862. The molecule has 28 heavy (non-hydrogen) atoms. The van der Waals surface area contributed by atoms with Gasteiger partial charge in [0.25, 0.3) is 5.91 Å². The molecule has 0 radical (unpaired) electrons. The Balaban J connectivity index is 1.49. The zero-order valence-corrected chi connectivity index (χ0v) is 15.8. The maximum absolute atomic E-state index is 12.2. The molecule has 1 atom stereocenters. The van der Waals surface area contributed by atoms with Crippen molar-refractivity contribution in [2.24, 2.45) is 5.92 Å².